The largest absolute Gasteiger partial charge is 0.465 e. The second-order valence-electron chi connectivity index (χ2n) is 7.48. The molecule has 11 heteroatoms. The molecule has 0 atom stereocenters. The lowest BCUT2D eigenvalue weighted by atomic mass is 9.99. The van der Waals surface area contributed by atoms with Crippen LogP contribution in [0.1, 0.15) is 11.3 Å². The third-order valence-electron chi connectivity index (χ3n) is 5.50. The van der Waals surface area contributed by atoms with Gasteiger partial charge >= 0.3 is 6.09 Å². The fourth-order valence-electron chi connectivity index (χ4n) is 3.99. The van der Waals surface area contributed by atoms with Crippen molar-refractivity contribution in [1.82, 2.24) is 25.3 Å². The average Bonchev–Trinajstić information content (AvgIpc) is 3.37. The highest BCUT2D eigenvalue weighted by molar-refractivity contribution is 7.22. The maximum Gasteiger partial charge on any atom is 0.404 e. The second kappa shape index (κ2) is 8.30. The summed E-state index contributed by atoms with van der Waals surface area (Å²) in [6.45, 7) is -0.114. The first-order chi connectivity index (χ1) is 16.4. The lowest BCUT2D eigenvalue weighted by molar-refractivity contribution is 0.194. The highest BCUT2D eigenvalue weighted by atomic mass is 35.5. The van der Waals surface area contributed by atoms with Crippen molar-refractivity contribution >= 4 is 49.9 Å². The van der Waals surface area contributed by atoms with E-state index in [2.05, 4.69) is 26.7 Å². The first-order valence-electron chi connectivity index (χ1n) is 10.0. The minimum atomic E-state index is -1.22. The van der Waals surface area contributed by atoms with Crippen LogP contribution in [0, 0.1) is 11.3 Å². The molecule has 0 unspecified atom stereocenters. The zero-order valence-electron chi connectivity index (χ0n) is 17.6. The Morgan fingerprint density at radius 1 is 1.32 bits per heavy atom. The summed E-state index contributed by atoms with van der Waals surface area (Å²) in [4.78, 5) is 24.2. The van der Waals surface area contributed by atoms with E-state index in [1.54, 1.807) is 30.1 Å². The van der Waals surface area contributed by atoms with E-state index in [0.29, 0.717) is 27.8 Å². The summed E-state index contributed by atoms with van der Waals surface area (Å²) in [5.74, 6) is 0. The zero-order valence-corrected chi connectivity index (χ0v) is 19.2. The Morgan fingerprint density at radius 3 is 2.88 bits per heavy atom. The number of nitrogens with one attached hydrogen (secondary N) is 2. The molecule has 0 aliphatic rings. The zero-order chi connectivity index (χ0) is 24.0. The molecule has 3 heterocycles. The molecule has 5 aromatic rings. The lowest BCUT2D eigenvalue weighted by Crippen LogP contribution is -2.22. The normalized spacial score (nSPS) is 11.1. The number of amides is 1. The van der Waals surface area contributed by atoms with Crippen LogP contribution in [-0.4, -0.2) is 31.2 Å². The number of fused-ring (bicyclic) bond motifs is 2. The van der Waals surface area contributed by atoms with E-state index in [-0.39, 0.29) is 17.0 Å². The number of rotatable bonds is 4. The number of aryl methyl sites for hydroxylation is 1. The lowest BCUT2D eigenvalue weighted by Gasteiger charge is -2.10. The topological polar surface area (TPSA) is 137 Å². The van der Waals surface area contributed by atoms with Gasteiger partial charge in [0.1, 0.15) is 6.07 Å². The number of thiophene rings is 1. The highest BCUT2D eigenvalue weighted by Gasteiger charge is 2.22. The Labute approximate surface area is 200 Å². The maximum absolute atomic E-state index is 12.4. The van der Waals surface area contributed by atoms with Crippen LogP contribution in [0.15, 0.2) is 47.4 Å². The number of halogens is 1. The molecule has 3 N–H and O–H groups in total. The van der Waals surface area contributed by atoms with Gasteiger partial charge in [-0.25, -0.2) is 9.89 Å². The quantitative estimate of drug-likeness (QED) is 0.339. The Bertz CT molecular complexity index is 1710. The van der Waals surface area contributed by atoms with Gasteiger partial charge in [0.15, 0.2) is 0 Å². The maximum atomic E-state index is 12.4. The molecule has 0 saturated heterocycles. The molecule has 0 radical (unpaired) electrons. The summed E-state index contributed by atoms with van der Waals surface area (Å²) >= 11 is 8.01. The first kappa shape index (κ1) is 21.6. The minimum absolute atomic E-state index is 0.114. The summed E-state index contributed by atoms with van der Waals surface area (Å²) in [6.07, 6.45) is 0.459. The number of benzene rings is 2. The fraction of sp³-hybridized carbons (Fsp3) is 0.0870. The van der Waals surface area contributed by atoms with Gasteiger partial charge in [0.25, 0.3) is 5.56 Å². The molecular formula is C23H15ClN6O3S. The molecule has 0 saturated carbocycles. The van der Waals surface area contributed by atoms with Gasteiger partial charge in [-0.05, 0) is 23.8 Å². The Kier molecular flexibility index (Phi) is 5.28. The van der Waals surface area contributed by atoms with E-state index in [0.717, 1.165) is 20.7 Å². The molecule has 0 fully saturated rings. The van der Waals surface area contributed by atoms with Crippen LogP contribution in [0.25, 0.3) is 42.6 Å². The number of carbonyl (C=O) groups is 1. The van der Waals surface area contributed by atoms with Gasteiger partial charge in [-0.15, -0.1) is 11.3 Å². The van der Waals surface area contributed by atoms with E-state index in [9.17, 15) is 14.9 Å². The van der Waals surface area contributed by atoms with Crippen LogP contribution in [0.4, 0.5) is 4.79 Å². The number of aromatic amines is 1. The number of nitriles is 1. The van der Waals surface area contributed by atoms with Crippen molar-refractivity contribution < 1.29 is 9.90 Å². The van der Waals surface area contributed by atoms with Crippen molar-refractivity contribution in [3.8, 4) is 27.8 Å². The molecule has 34 heavy (non-hydrogen) atoms. The third-order valence-corrected chi connectivity index (χ3v) is 6.98. The Morgan fingerprint density at radius 2 is 2.12 bits per heavy atom. The number of hydrogen-bond donors (Lipinski definition) is 3. The van der Waals surface area contributed by atoms with Crippen molar-refractivity contribution in [2.45, 2.75) is 6.54 Å². The fourth-order valence-corrected chi connectivity index (χ4v) is 5.54. The van der Waals surface area contributed by atoms with Crippen LogP contribution in [0.5, 0.6) is 0 Å². The van der Waals surface area contributed by atoms with Gasteiger partial charge in [-0.3, -0.25) is 9.48 Å². The first-order valence-corrected chi connectivity index (χ1v) is 11.2. The van der Waals surface area contributed by atoms with Gasteiger partial charge in [-0.1, -0.05) is 29.8 Å². The molecule has 0 bridgehead atoms. The molecule has 1 amide bonds. The van der Waals surface area contributed by atoms with Gasteiger partial charge in [0.2, 0.25) is 0 Å². The van der Waals surface area contributed by atoms with E-state index < -0.39 is 11.7 Å². The van der Waals surface area contributed by atoms with E-state index >= 15 is 0 Å². The SMILES string of the molecule is Cn1ncc(-c2cc(Cl)c3c(=O)[nH]nc(CNC(=O)O)c3c2)c1-c1sc2ccccc2c1C#N. The molecule has 0 spiro atoms. The van der Waals surface area contributed by atoms with Crippen LogP contribution in [-0.2, 0) is 13.6 Å². The minimum Gasteiger partial charge on any atom is -0.465 e. The Hall–Kier alpha value is -4.20. The second-order valence-corrected chi connectivity index (χ2v) is 8.94. The van der Waals surface area contributed by atoms with Crippen molar-refractivity contribution in [2.75, 3.05) is 0 Å². The number of carboxylic acid groups (broad SMARTS) is 1. The van der Waals surface area contributed by atoms with Gasteiger partial charge < -0.3 is 10.4 Å². The molecule has 3 aromatic heterocycles. The monoisotopic (exact) mass is 490 g/mol. The van der Waals surface area contributed by atoms with Crippen LogP contribution in [0.2, 0.25) is 5.02 Å². The molecular weight excluding hydrogens is 476 g/mol. The Balaban J connectivity index is 1.76. The van der Waals surface area contributed by atoms with Gasteiger partial charge in [0.05, 0.1) is 45.0 Å². The van der Waals surface area contributed by atoms with Gasteiger partial charge in [-0.2, -0.15) is 15.5 Å². The summed E-state index contributed by atoms with van der Waals surface area (Å²) in [6, 6.07) is 13.4. The molecule has 2 aromatic carbocycles. The van der Waals surface area contributed by atoms with Crippen molar-refractivity contribution in [1.29, 1.82) is 5.26 Å². The van der Waals surface area contributed by atoms with Crippen LogP contribution >= 0.6 is 22.9 Å². The van der Waals surface area contributed by atoms with Crippen molar-refractivity contribution in [3.05, 3.63) is 69.2 Å². The van der Waals surface area contributed by atoms with Crippen LogP contribution < -0.4 is 10.9 Å². The van der Waals surface area contributed by atoms with Gasteiger partial charge in [0, 0.05) is 28.1 Å². The van der Waals surface area contributed by atoms with Crippen molar-refractivity contribution in [2.24, 2.45) is 7.05 Å². The third kappa shape index (κ3) is 3.48. The molecule has 0 aliphatic heterocycles. The summed E-state index contributed by atoms with van der Waals surface area (Å²) in [5, 5.41) is 33.7. The summed E-state index contributed by atoms with van der Waals surface area (Å²) < 4.78 is 2.68. The predicted octanol–water partition coefficient (Wildman–Crippen LogP) is 4.50. The molecule has 168 valence electrons. The van der Waals surface area contributed by atoms with Crippen LogP contribution in [0.3, 0.4) is 0 Å². The summed E-state index contributed by atoms with van der Waals surface area (Å²) in [5.41, 5.74) is 2.51. The van der Waals surface area contributed by atoms with E-state index in [4.69, 9.17) is 16.7 Å². The number of nitrogens with zero attached hydrogens (tertiary/aromatic N) is 4. The molecule has 0 aliphatic carbocycles. The van der Waals surface area contributed by atoms with E-state index in [1.165, 1.54) is 11.3 Å². The average molecular weight is 491 g/mol. The number of aromatic nitrogens is 4. The molecule has 5 rings (SSSR count). The number of hydrogen-bond acceptors (Lipinski definition) is 6. The predicted molar refractivity (Wildman–Crippen MR) is 130 cm³/mol. The smallest absolute Gasteiger partial charge is 0.404 e. The van der Waals surface area contributed by atoms with E-state index in [1.807, 2.05) is 24.3 Å². The summed E-state index contributed by atoms with van der Waals surface area (Å²) in [7, 11) is 1.79. The number of H-pyrrole nitrogens is 1. The molecule has 9 nitrogen and oxygen atoms in total. The highest BCUT2D eigenvalue weighted by Crippen LogP contribution is 2.43. The van der Waals surface area contributed by atoms with Crippen molar-refractivity contribution in [3.63, 3.8) is 0 Å². The standard InChI is InChI=1S/C23H15ClN6O3S/c1-30-20(21-14(8-25)12-4-2-3-5-18(12)34-21)15(9-27-30)11-6-13-17(10-26-23(32)33)28-29-22(31)19(13)16(24)7-11/h2-7,9,26H,10H2,1H3,(H,29,31)(H,32,33).